The van der Waals surface area contributed by atoms with Gasteiger partial charge in [0.15, 0.2) is 5.69 Å². The lowest BCUT2D eigenvalue weighted by Gasteiger charge is -2.22. The molecule has 0 spiro atoms. The first-order valence-electron chi connectivity index (χ1n) is 6.17. The molecule has 18 heavy (non-hydrogen) atoms. The van der Waals surface area contributed by atoms with E-state index in [0.717, 1.165) is 32.6 Å². The summed E-state index contributed by atoms with van der Waals surface area (Å²) in [6, 6.07) is 3.44. The van der Waals surface area contributed by atoms with E-state index in [1.807, 2.05) is 0 Å². The third kappa shape index (κ3) is 3.40. The maximum atomic E-state index is 11.3. The quantitative estimate of drug-likeness (QED) is 0.821. The van der Waals surface area contributed by atoms with Gasteiger partial charge in [-0.05, 0) is 30.9 Å². The van der Waals surface area contributed by atoms with E-state index < -0.39 is 0 Å². The Labute approximate surface area is 106 Å². The van der Waals surface area contributed by atoms with E-state index >= 15 is 0 Å². The molecule has 0 aliphatic carbocycles. The van der Waals surface area contributed by atoms with E-state index in [0.29, 0.717) is 17.4 Å². The number of hydrogen-bond donors (Lipinski definition) is 2. The SMILES string of the molecule is CNC(=O)c1ccc(NCC2CCOCC2)nn1. The zero-order valence-corrected chi connectivity index (χ0v) is 10.5. The van der Waals surface area contributed by atoms with Gasteiger partial charge in [0.05, 0.1) is 0 Å². The van der Waals surface area contributed by atoms with Crippen molar-refractivity contribution < 1.29 is 9.53 Å². The van der Waals surface area contributed by atoms with E-state index in [1.165, 1.54) is 0 Å². The molecule has 0 radical (unpaired) electrons. The highest BCUT2D eigenvalue weighted by Gasteiger charge is 2.13. The number of anilines is 1. The van der Waals surface area contributed by atoms with Crippen LogP contribution in [-0.2, 0) is 4.74 Å². The van der Waals surface area contributed by atoms with Gasteiger partial charge in [-0.1, -0.05) is 0 Å². The van der Waals surface area contributed by atoms with E-state index in [2.05, 4.69) is 20.8 Å². The van der Waals surface area contributed by atoms with Crippen LogP contribution in [0.4, 0.5) is 5.82 Å². The third-order valence-corrected chi connectivity index (χ3v) is 3.04. The van der Waals surface area contributed by atoms with Crippen molar-refractivity contribution in [3.63, 3.8) is 0 Å². The van der Waals surface area contributed by atoms with Crippen molar-refractivity contribution in [2.24, 2.45) is 5.92 Å². The summed E-state index contributed by atoms with van der Waals surface area (Å²) in [7, 11) is 1.57. The van der Waals surface area contributed by atoms with Crippen LogP contribution in [0.5, 0.6) is 0 Å². The average Bonchev–Trinajstić information content (AvgIpc) is 2.46. The molecular formula is C12H18N4O2. The van der Waals surface area contributed by atoms with Crippen LogP contribution in [0, 0.1) is 5.92 Å². The van der Waals surface area contributed by atoms with Gasteiger partial charge in [-0.3, -0.25) is 4.79 Å². The molecule has 1 amide bonds. The summed E-state index contributed by atoms with van der Waals surface area (Å²) in [6.07, 6.45) is 2.16. The topological polar surface area (TPSA) is 76.1 Å². The Hall–Kier alpha value is -1.69. The molecule has 1 fully saturated rings. The molecule has 0 saturated carbocycles. The molecule has 6 heteroatoms. The van der Waals surface area contributed by atoms with E-state index in [4.69, 9.17) is 4.74 Å². The highest BCUT2D eigenvalue weighted by Crippen LogP contribution is 2.15. The number of aromatic nitrogens is 2. The van der Waals surface area contributed by atoms with Gasteiger partial charge in [-0.15, -0.1) is 10.2 Å². The fraction of sp³-hybridized carbons (Fsp3) is 0.583. The lowest BCUT2D eigenvalue weighted by atomic mass is 10.0. The molecule has 1 aliphatic rings. The van der Waals surface area contributed by atoms with Crippen molar-refractivity contribution in [1.82, 2.24) is 15.5 Å². The molecule has 1 aromatic rings. The Morgan fingerprint density at radius 1 is 1.39 bits per heavy atom. The fourth-order valence-corrected chi connectivity index (χ4v) is 1.88. The van der Waals surface area contributed by atoms with Crippen molar-refractivity contribution >= 4 is 11.7 Å². The van der Waals surface area contributed by atoms with Gasteiger partial charge in [-0.2, -0.15) is 0 Å². The van der Waals surface area contributed by atoms with Crippen LogP contribution in [0.1, 0.15) is 23.3 Å². The normalized spacial score (nSPS) is 16.3. The van der Waals surface area contributed by atoms with Gasteiger partial charge in [0.25, 0.3) is 5.91 Å². The van der Waals surface area contributed by atoms with E-state index in [-0.39, 0.29) is 5.91 Å². The maximum Gasteiger partial charge on any atom is 0.271 e. The number of carbonyl (C=O) groups is 1. The number of ether oxygens (including phenoxy) is 1. The summed E-state index contributed by atoms with van der Waals surface area (Å²) in [5, 5.41) is 13.6. The third-order valence-electron chi connectivity index (χ3n) is 3.04. The number of nitrogens with one attached hydrogen (secondary N) is 2. The van der Waals surface area contributed by atoms with Crippen molar-refractivity contribution in [1.29, 1.82) is 0 Å². The monoisotopic (exact) mass is 250 g/mol. The Kier molecular flexibility index (Phi) is 4.46. The molecule has 2 N–H and O–H groups in total. The van der Waals surface area contributed by atoms with Crippen molar-refractivity contribution in [2.75, 3.05) is 32.1 Å². The van der Waals surface area contributed by atoms with Gasteiger partial charge in [0.2, 0.25) is 0 Å². The van der Waals surface area contributed by atoms with Crippen molar-refractivity contribution in [3.05, 3.63) is 17.8 Å². The number of nitrogens with zero attached hydrogens (tertiary/aromatic N) is 2. The molecule has 0 aromatic carbocycles. The van der Waals surface area contributed by atoms with Crippen LogP contribution in [0.15, 0.2) is 12.1 Å². The zero-order valence-electron chi connectivity index (χ0n) is 10.5. The van der Waals surface area contributed by atoms with Crippen LogP contribution in [0.2, 0.25) is 0 Å². The van der Waals surface area contributed by atoms with Crippen LogP contribution in [0.3, 0.4) is 0 Å². The van der Waals surface area contributed by atoms with Gasteiger partial charge >= 0.3 is 0 Å². The first-order valence-corrected chi connectivity index (χ1v) is 6.17. The number of rotatable bonds is 4. The zero-order chi connectivity index (χ0) is 12.8. The second kappa shape index (κ2) is 6.30. The first-order chi connectivity index (χ1) is 8.79. The number of carbonyl (C=O) groups excluding carboxylic acids is 1. The summed E-state index contributed by atoms with van der Waals surface area (Å²) < 4.78 is 5.31. The van der Waals surface area contributed by atoms with Gasteiger partial charge in [0.1, 0.15) is 5.82 Å². The van der Waals surface area contributed by atoms with Crippen LogP contribution < -0.4 is 10.6 Å². The fourth-order valence-electron chi connectivity index (χ4n) is 1.88. The molecule has 2 rings (SSSR count). The summed E-state index contributed by atoms with van der Waals surface area (Å²) >= 11 is 0. The molecule has 1 saturated heterocycles. The van der Waals surface area contributed by atoms with E-state index in [9.17, 15) is 4.79 Å². The summed E-state index contributed by atoms with van der Waals surface area (Å²) in [5.41, 5.74) is 0.328. The molecule has 6 nitrogen and oxygen atoms in total. The Morgan fingerprint density at radius 2 is 2.17 bits per heavy atom. The van der Waals surface area contributed by atoms with Gasteiger partial charge < -0.3 is 15.4 Å². The molecular weight excluding hydrogens is 232 g/mol. The highest BCUT2D eigenvalue weighted by molar-refractivity contribution is 5.91. The predicted octanol–water partition coefficient (Wildman–Crippen LogP) is 0.675. The lowest BCUT2D eigenvalue weighted by molar-refractivity contribution is 0.0699. The molecule has 0 atom stereocenters. The van der Waals surface area contributed by atoms with Crippen molar-refractivity contribution in [3.8, 4) is 0 Å². The van der Waals surface area contributed by atoms with Crippen LogP contribution in [0.25, 0.3) is 0 Å². The van der Waals surface area contributed by atoms with Gasteiger partial charge in [0, 0.05) is 26.8 Å². The molecule has 1 aromatic heterocycles. The molecule has 98 valence electrons. The standard InChI is InChI=1S/C12H18N4O2/c1-13-12(17)10-2-3-11(16-15-10)14-8-9-4-6-18-7-5-9/h2-3,9H,4-8H2,1H3,(H,13,17)(H,14,16). The molecule has 1 aliphatic heterocycles. The number of amides is 1. The summed E-state index contributed by atoms with van der Waals surface area (Å²) in [5.74, 6) is 1.10. The minimum Gasteiger partial charge on any atom is -0.381 e. The smallest absolute Gasteiger partial charge is 0.271 e. The Balaban J connectivity index is 1.84. The molecule has 2 heterocycles. The summed E-state index contributed by atoms with van der Waals surface area (Å²) in [6.45, 7) is 2.55. The molecule has 0 unspecified atom stereocenters. The van der Waals surface area contributed by atoms with E-state index in [1.54, 1.807) is 19.2 Å². The van der Waals surface area contributed by atoms with Crippen LogP contribution in [-0.4, -0.2) is 42.9 Å². The summed E-state index contributed by atoms with van der Waals surface area (Å²) in [4.78, 5) is 11.3. The minimum absolute atomic E-state index is 0.224. The average molecular weight is 250 g/mol. The minimum atomic E-state index is -0.224. The number of hydrogen-bond acceptors (Lipinski definition) is 5. The Morgan fingerprint density at radius 3 is 2.78 bits per heavy atom. The second-order valence-electron chi connectivity index (χ2n) is 4.32. The van der Waals surface area contributed by atoms with Crippen LogP contribution >= 0.6 is 0 Å². The lowest BCUT2D eigenvalue weighted by Crippen LogP contribution is -2.23. The highest BCUT2D eigenvalue weighted by atomic mass is 16.5. The largest absolute Gasteiger partial charge is 0.381 e. The predicted molar refractivity (Wildman–Crippen MR) is 67.5 cm³/mol. The van der Waals surface area contributed by atoms with Crippen molar-refractivity contribution in [2.45, 2.75) is 12.8 Å². The molecule has 0 bridgehead atoms. The maximum absolute atomic E-state index is 11.3. The second-order valence-corrected chi connectivity index (χ2v) is 4.32. The first kappa shape index (κ1) is 12.8. The van der Waals surface area contributed by atoms with Gasteiger partial charge in [-0.25, -0.2) is 0 Å². The Bertz CT molecular complexity index is 388.